The number of aliphatic imine (C=N–C) groups is 1. The first-order valence-electron chi connectivity index (χ1n) is 4.36. The van der Waals surface area contributed by atoms with Gasteiger partial charge in [-0.3, -0.25) is 14.6 Å². The number of carbonyl (C=O) groups excluding carboxylic acids is 1. The fourth-order valence-corrected chi connectivity index (χ4v) is 1.07. The average molecular weight is 196 g/mol. The molecule has 0 saturated heterocycles. The van der Waals surface area contributed by atoms with Crippen molar-refractivity contribution in [1.82, 2.24) is 5.32 Å². The summed E-state index contributed by atoms with van der Waals surface area (Å²) in [5, 5.41) is 10.9. The number of allylic oxidation sites excluding steroid dienone is 1. The molecule has 0 aromatic rings. The van der Waals surface area contributed by atoms with Crippen molar-refractivity contribution in [2.75, 3.05) is 13.1 Å². The number of nitrogens with zero attached hydrogens (tertiary/aromatic N) is 1. The maximum absolute atomic E-state index is 11.4. The van der Waals surface area contributed by atoms with Crippen molar-refractivity contribution in [2.24, 2.45) is 10.9 Å². The Labute approximate surface area is 81.5 Å². The number of carboxylic acids is 1. The van der Waals surface area contributed by atoms with E-state index in [1.54, 1.807) is 18.4 Å². The lowest BCUT2D eigenvalue weighted by Gasteiger charge is -2.11. The second kappa shape index (κ2) is 5.16. The summed E-state index contributed by atoms with van der Waals surface area (Å²) < 4.78 is 0. The molecule has 1 atom stereocenters. The second-order valence-corrected chi connectivity index (χ2v) is 2.94. The molecule has 1 amide bonds. The molecule has 1 aliphatic rings. The molecule has 1 unspecified atom stereocenters. The topological polar surface area (TPSA) is 78.8 Å². The van der Waals surface area contributed by atoms with Crippen molar-refractivity contribution in [3.8, 4) is 0 Å². The number of hydrogen-bond acceptors (Lipinski definition) is 3. The fraction of sp³-hybridized carbons (Fsp3) is 0.444. The van der Waals surface area contributed by atoms with Gasteiger partial charge in [0.15, 0.2) is 0 Å². The van der Waals surface area contributed by atoms with E-state index in [4.69, 9.17) is 5.11 Å². The highest BCUT2D eigenvalue weighted by atomic mass is 16.4. The maximum atomic E-state index is 11.4. The maximum Gasteiger partial charge on any atom is 0.305 e. The summed E-state index contributed by atoms with van der Waals surface area (Å²) >= 11 is 0. The third-order valence-corrected chi connectivity index (χ3v) is 1.81. The number of carboxylic acid groups (broad SMARTS) is 1. The molecule has 0 spiro atoms. The quantitative estimate of drug-likeness (QED) is 0.655. The van der Waals surface area contributed by atoms with Gasteiger partial charge < -0.3 is 10.4 Å². The molecule has 0 aromatic carbocycles. The van der Waals surface area contributed by atoms with Crippen molar-refractivity contribution >= 4 is 18.1 Å². The molecule has 1 heterocycles. The van der Waals surface area contributed by atoms with Crippen LogP contribution in [0, 0.1) is 5.92 Å². The van der Waals surface area contributed by atoms with E-state index >= 15 is 0 Å². The highest BCUT2D eigenvalue weighted by Gasteiger charge is 2.15. The zero-order chi connectivity index (χ0) is 10.4. The summed E-state index contributed by atoms with van der Waals surface area (Å²) in [6.07, 6.45) is 5.06. The van der Waals surface area contributed by atoms with Gasteiger partial charge >= 0.3 is 5.97 Å². The van der Waals surface area contributed by atoms with Gasteiger partial charge in [-0.2, -0.15) is 0 Å². The fourth-order valence-electron chi connectivity index (χ4n) is 1.07. The largest absolute Gasteiger partial charge is 0.481 e. The SMILES string of the molecule is O=C(O)CCNC(=O)C1C=CC=NC1. The van der Waals surface area contributed by atoms with Gasteiger partial charge in [0, 0.05) is 12.8 Å². The van der Waals surface area contributed by atoms with Crippen LogP contribution in [0.2, 0.25) is 0 Å². The molecule has 0 aromatic heterocycles. The molecule has 5 heteroatoms. The Balaban J connectivity index is 2.25. The van der Waals surface area contributed by atoms with Crippen LogP contribution in [0.4, 0.5) is 0 Å². The van der Waals surface area contributed by atoms with Crippen LogP contribution in [-0.4, -0.2) is 36.3 Å². The van der Waals surface area contributed by atoms with Crippen molar-refractivity contribution in [3.05, 3.63) is 12.2 Å². The predicted molar refractivity (Wildman–Crippen MR) is 51.3 cm³/mol. The number of dihydropyridines is 1. The lowest BCUT2D eigenvalue weighted by atomic mass is 10.1. The minimum absolute atomic E-state index is 0.0502. The Morgan fingerprint density at radius 1 is 1.57 bits per heavy atom. The number of nitrogens with one attached hydrogen (secondary N) is 1. The number of hydrogen-bond donors (Lipinski definition) is 2. The highest BCUT2D eigenvalue weighted by molar-refractivity contribution is 5.84. The Kier molecular flexibility index (Phi) is 3.84. The van der Waals surface area contributed by atoms with Gasteiger partial charge in [-0.15, -0.1) is 0 Å². The third kappa shape index (κ3) is 3.38. The van der Waals surface area contributed by atoms with E-state index in [1.165, 1.54) is 0 Å². The van der Waals surface area contributed by atoms with E-state index in [0.29, 0.717) is 6.54 Å². The van der Waals surface area contributed by atoms with E-state index < -0.39 is 5.97 Å². The van der Waals surface area contributed by atoms with Crippen LogP contribution in [0.25, 0.3) is 0 Å². The van der Waals surface area contributed by atoms with Crippen LogP contribution in [-0.2, 0) is 9.59 Å². The Morgan fingerprint density at radius 3 is 2.93 bits per heavy atom. The predicted octanol–water partition coefficient (Wildman–Crippen LogP) is -0.166. The molecule has 5 nitrogen and oxygen atoms in total. The molecule has 14 heavy (non-hydrogen) atoms. The van der Waals surface area contributed by atoms with Gasteiger partial charge in [0.2, 0.25) is 5.91 Å². The van der Waals surface area contributed by atoms with Gasteiger partial charge in [-0.1, -0.05) is 6.08 Å². The first-order chi connectivity index (χ1) is 6.70. The lowest BCUT2D eigenvalue weighted by Crippen LogP contribution is -2.33. The van der Waals surface area contributed by atoms with E-state index in [1.807, 2.05) is 0 Å². The lowest BCUT2D eigenvalue weighted by molar-refractivity contribution is -0.136. The number of aliphatic carboxylic acids is 1. The summed E-state index contributed by atoms with van der Waals surface area (Å²) in [7, 11) is 0. The molecule has 0 fully saturated rings. The van der Waals surface area contributed by atoms with E-state index in [9.17, 15) is 9.59 Å². The zero-order valence-corrected chi connectivity index (χ0v) is 7.64. The summed E-state index contributed by atoms with van der Waals surface area (Å²) in [5.41, 5.74) is 0. The van der Waals surface area contributed by atoms with Gasteiger partial charge in [0.25, 0.3) is 0 Å². The Bertz CT molecular complexity index is 284. The summed E-state index contributed by atoms with van der Waals surface area (Å²) in [6.45, 7) is 0.609. The van der Waals surface area contributed by atoms with E-state index in [-0.39, 0.29) is 24.8 Å². The normalized spacial score (nSPS) is 19.3. The second-order valence-electron chi connectivity index (χ2n) is 2.94. The minimum Gasteiger partial charge on any atom is -0.481 e. The molecular weight excluding hydrogens is 184 g/mol. The van der Waals surface area contributed by atoms with E-state index in [0.717, 1.165) is 0 Å². The first kappa shape index (κ1) is 10.4. The number of amides is 1. The molecule has 2 N–H and O–H groups in total. The first-order valence-corrected chi connectivity index (χ1v) is 4.36. The zero-order valence-electron chi connectivity index (χ0n) is 7.64. The third-order valence-electron chi connectivity index (χ3n) is 1.81. The molecule has 0 saturated carbocycles. The van der Waals surface area contributed by atoms with Crippen LogP contribution >= 0.6 is 0 Å². The number of carbonyl (C=O) groups is 2. The van der Waals surface area contributed by atoms with Crippen molar-refractivity contribution < 1.29 is 14.7 Å². The molecule has 1 aliphatic heterocycles. The average Bonchev–Trinajstić information content (AvgIpc) is 2.18. The number of rotatable bonds is 4. The summed E-state index contributed by atoms with van der Waals surface area (Å²) in [4.78, 5) is 25.5. The summed E-state index contributed by atoms with van der Waals surface area (Å²) in [5.74, 6) is -1.34. The van der Waals surface area contributed by atoms with Crippen LogP contribution in [0.15, 0.2) is 17.1 Å². The van der Waals surface area contributed by atoms with Crippen molar-refractivity contribution in [2.45, 2.75) is 6.42 Å². The van der Waals surface area contributed by atoms with Gasteiger partial charge in [0.05, 0.1) is 18.9 Å². The van der Waals surface area contributed by atoms with Crippen LogP contribution in [0.1, 0.15) is 6.42 Å². The van der Waals surface area contributed by atoms with Gasteiger partial charge in [-0.05, 0) is 6.08 Å². The van der Waals surface area contributed by atoms with Crippen LogP contribution in [0.3, 0.4) is 0 Å². The Morgan fingerprint density at radius 2 is 2.36 bits per heavy atom. The Hall–Kier alpha value is -1.65. The highest BCUT2D eigenvalue weighted by Crippen LogP contribution is 2.03. The smallest absolute Gasteiger partial charge is 0.305 e. The van der Waals surface area contributed by atoms with Gasteiger partial charge in [0.1, 0.15) is 0 Å². The van der Waals surface area contributed by atoms with Gasteiger partial charge in [-0.25, -0.2) is 0 Å². The van der Waals surface area contributed by atoms with Crippen molar-refractivity contribution in [1.29, 1.82) is 0 Å². The van der Waals surface area contributed by atoms with Crippen molar-refractivity contribution in [3.63, 3.8) is 0 Å². The van der Waals surface area contributed by atoms with E-state index in [2.05, 4.69) is 10.3 Å². The minimum atomic E-state index is -0.914. The monoisotopic (exact) mass is 196 g/mol. The molecule has 0 bridgehead atoms. The molecule has 1 rings (SSSR count). The molecule has 0 radical (unpaired) electrons. The summed E-state index contributed by atoms with van der Waals surface area (Å²) in [6, 6.07) is 0. The standard InChI is InChI=1S/C9H12N2O3/c12-8(13)3-5-11-9(14)7-2-1-4-10-6-7/h1-2,4,7H,3,5-6H2,(H,11,14)(H,12,13). The van der Waals surface area contributed by atoms with Crippen LogP contribution in [0.5, 0.6) is 0 Å². The molecule has 0 aliphatic carbocycles. The van der Waals surface area contributed by atoms with Crippen LogP contribution < -0.4 is 5.32 Å². The molecular formula is C9H12N2O3. The molecule has 76 valence electrons.